The molecule has 29 heavy (non-hydrogen) atoms. The summed E-state index contributed by atoms with van der Waals surface area (Å²) in [5.41, 5.74) is 3.07. The van der Waals surface area contributed by atoms with Gasteiger partial charge in [0.15, 0.2) is 0 Å². The van der Waals surface area contributed by atoms with Gasteiger partial charge in [-0.3, -0.25) is 9.69 Å². The summed E-state index contributed by atoms with van der Waals surface area (Å²) in [7, 11) is 1.41. The number of hydrogen-bond donors (Lipinski definition) is 2. The van der Waals surface area contributed by atoms with Crippen molar-refractivity contribution >= 4 is 23.4 Å². The lowest BCUT2D eigenvalue weighted by atomic mass is 10.1. The number of nitrogens with zero attached hydrogens (tertiary/aromatic N) is 2. The Kier molecular flexibility index (Phi) is 7.47. The van der Waals surface area contributed by atoms with E-state index in [9.17, 15) is 9.59 Å². The molecule has 1 aliphatic heterocycles. The third kappa shape index (κ3) is 6.50. The fourth-order valence-electron chi connectivity index (χ4n) is 3.31. The fourth-order valence-corrected chi connectivity index (χ4v) is 3.31. The quantitative estimate of drug-likeness (QED) is 0.703. The van der Waals surface area contributed by atoms with Gasteiger partial charge in [-0.15, -0.1) is 0 Å². The maximum Gasteiger partial charge on any atom is 0.319 e. The van der Waals surface area contributed by atoms with Gasteiger partial charge in [0, 0.05) is 44.1 Å². The predicted octanol–water partition coefficient (Wildman–Crippen LogP) is 2.35. The number of piperazine rings is 1. The highest BCUT2D eigenvalue weighted by molar-refractivity contribution is 5.89. The first-order valence-electron chi connectivity index (χ1n) is 9.87. The Morgan fingerprint density at radius 2 is 1.66 bits per heavy atom. The number of carbonyl (C=O) groups excluding carboxylic acids is 2. The number of nitrogens with one attached hydrogen (secondary N) is 2. The molecule has 0 spiro atoms. The van der Waals surface area contributed by atoms with Crippen LogP contribution in [0.25, 0.3) is 0 Å². The summed E-state index contributed by atoms with van der Waals surface area (Å²) < 4.78 is 4.72. The molecule has 7 heteroatoms. The standard InChI is InChI=1S/C22H28N4O3/c1-29-21(27)17-25-13-15-26(16-14-25)20-9-7-19(8-10-20)24-22(28)23-12-11-18-5-3-2-4-6-18/h2-10H,11-17H2,1H3,(H2,23,24,28). The van der Waals surface area contributed by atoms with Crippen molar-refractivity contribution in [2.75, 3.05) is 56.6 Å². The first-order chi connectivity index (χ1) is 14.1. The molecule has 0 radical (unpaired) electrons. The Balaban J connectivity index is 1.40. The predicted molar refractivity (Wildman–Crippen MR) is 114 cm³/mol. The molecule has 1 heterocycles. The molecular weight excluding hydrogens is 368 g/mol. The lowest BCUT2D eigenvalue weighted by Crippen LogP contribution is -2.48. The average molecular weight is 396 g/mol. The highest BCUT2D eigenvalue weighted by Gasteiger charge is 2.19. The monoisotopic (exact) mass is 396 g/mol. The molecule has 2 N–H and O–H groups in total. The van der Waals surface area contributed by atoms with Gasteiger partial charge < -0.3 is 20.3 Å². The van der Waals surface area contributed by atoms with Crippen LogP contribution in [0.1, 0.15) is 5.56 Å². The molecule has 2 amide bonds. The van der Waals surface area contributed by atoms with Gasteiger partial charge in [0.05, 0.1) is 13.7 Å². The molecule has 0 unspecified atom stereocenters. The topological polar surface area (TPSA) is 73.9 Å². The maximum absolute atomic E-state index is 12.1. The minimum absolute atomic E-state index is 0.198. The van der Waals surface area contributed by atoms with E-state index in [0.29, 0.717) is 13.1 Å². The van der Waals surface area contributed by atoms with Crippen LogP contribution in [0.15, 0.2) is 54.6 Å². The summed E-state index contributed by atoms with van der Waals surface area (Å²) in [5.74, 6) is -0.198. The van der Waals surface area contributed by atoms with Crippen LogP contribution in [0.5, 0.6) is 0 Å². The molecule has 2 aromatic carbocycles. The van der Waals surface area contributed by atoms with Crippen molar-refractivity contribution in [2.24, 2.45) is 0 Å². The molecular formula is C22H28N4O3. The van der Waals surface area contributed by atoms with Crippen LogP contribution in [0, 0.1) is 0 Å². The van der Waals surface area contributed by atoms with Gasteiger partial charge in [-0.1, -0.05) is 30.3 Å². The van der Waals surface area contributed by atoms with E-state index in [1.807, 2.05) is 54.6 Å². The van der Waals surface area contributed by atoms with Crippen LogP contribution in [0.2, 0.25) is 0 Å². The van der Waals surface area contributed by atoms with E-state index in [4.69, 9.17) is 4.74 Å². The number of rotatable bonds is 7. The van der Waals surface area contributed by atoms with Gasteiger partial charge >= 0.3 is 12.0 Å². The van der Waals surface area contributed by atoms with Crippen molar-refractivity contribution in [3.8, 4) is 0 Å². The van der Waals surface area contributed by atoms with Crippen molar-refractivity contribution in [3.63, 3.8) is 0 Å². The van der Waals surface area contributed by atoms with E-state index in [1.54, 1.807) is 0 Å². The largest absolute Gasteiger partial charge is 0.468 e. The second-order valence-corrected chi connectivity index (χ2v) is 7.00. The summed E-state index contributed by atoms with van der Waals surface area (Å²) >= 11 is 0. The smallest absolute Gasteiger partial charge is 0.319 e. The van der Waals surface area contributed by atoms with Crippen LogP contribution >= 0.6 is 0 Å². The minimum atomic E-state index is -0.204. The number of carbonyl (C=O) groups is 2. The number of methoxy groups -OCH3 is 1. The number of anilines is 2. The second-order valence-electron chi connectivity index (χ2n) is 7.00. The first kappa shape index (κ1) is 20.7. The van der Waals surface area contributed by atoms with Gasteiger partial charge in [0.1, 0.15) is 0 Å². The molecule has 154 valence electrons. The third-order valence-corrected chi connectivity index (χ3v) is 4.99. The molecule has 1 fully saturated rings. The van der Waals surface area contributed by atoms with Gasteiger partial charge in [-0.25, -0.2) is 4.79 Å². The summed E-state index contributed by atoms with van der Waals surface area (Å²) in [6, 6.07) is 17.7. The number of amides is 2. The summed E-state index contributed by atoms with van der Waals surface area (Å²) in [6.07, 6.45) is 0.801. The lowest BCUT2D eigenvalue weighted by molar-refractivity contribution is -0.142. The summed E-state index contributed by atoms with van der Waals surface area (Å²) in [5, 5.41) is 5.74. The van der Waals surface area contributed by atoms with Crippen molar-refractivity contribution in [3.05, 3.63) is 60.2 Å². The Bertz CT molecular complexity index is 787. The molecule has 1 aliphatic rings. The lowest BCUT2D eigenvalue weighted by Gasteiger charge is -2.35. The summed E-state index contributed by atoms with van der Waals surface area (Å²) in [4.78, 5) is 27.8. The van der Waals surface area contributed by atoms with E-state index >= 15 is 0 Å². The van der Waals surface area contributed by atoms with E-state index < -0.39 is 0 Å². The molecule has 0 aliphatic carbocycles. The molecule has 0 aromatic heterocycles. The highest BCUT2D eigenvalue weighted by Crippen LogP contribution is 2.19. The fraction of sp³-hybridized carbons (Fsp3) is 0.364. The number of urea groups is 1. The zero-order valence-corrected chi connectivity index (χ0v) is 16.8. The van der Waals surface area contributed by atoms with E-state index in [0.717, 1.165) is 44.0 Å². The van der Waals surface area contributed by atoms with Crippen LogP contribution in [0.3, 0.4) is 0 Å². The van der Waals surface area contributed by atoms with Crippen LogP contribution in [-0.2, 0) is 16.0 Å². The number of hydrogen-bond acceptors (Lipinski definition) is 5. The number of ether oxygens (including phenoxy) is 1. The van der Waals surface area contributed by atoms with Crippen LogP contribution in [0.4, 0.5) is 16.2 Å². The van der Waals surface area contributed by atoms with Gasteiger partial charge in [0.25, 0.3) is 0 Å². The molecule has 3 rings (SSSR count). The van der Waals surface area contributed by atoms with Crippen molar-refractivity contribution in [1.29, 1.82) is 0 Å². The first-order valence-corrected chi connectivity index (χ1v) is 9.87. The van der Waals surface area contributed by atoms with Gasteiger partial charge in [0.2, 0.25) is 0 Å². The number of esters is 1. The van der Waals surface area contributed by atoms with Gasteiger partial charge in [-0.2, -0.15) is 0 Å². The normalized spacial score (nSPS) is 14.3. The summed E-state index contributed by atoms with van der Waals surface area (Å²) in [6.45, 7) is 4.27. The highest BCUT2D eigenvalue weighted by atomic mass is 16.5. The zero-order chi connectivity index (χ0) is 20.5. The minimum Gasteiger partial charge on any atom is -0.468 e. The average Bonchev–Trinajstić information content (AvgIpc) is 2.75. The molecule has 7 nitrogen and oxygen atoms in total. The molecule has 1 saturated heterocycles. The van der Waals surface area contributed by atoms with E-state index in [1.165, 1.54) is 12.7 Å². The Hall–Kier alpha value is -3.06. The van der Waals surface area contributed by atoms with Crippen LogP contribution < -0.4 is 15.5 Å². The van der Waals surface area contributed by atoms with Crippen LogP contribution in [-0.4, -0.2) is 63.3 Å². The Labute approximate surface area is 171 Å². The second kappa shape index (κ2) is 10.5. The molecule has 0 bridgehead atoms. The number of benzene rings is 2. The Morgan fingerprint density at radius 1 is 0.966 bits per heavy atom. The molecule has 2 aromatic rings. The van der Waals surface area contributed by atoms with Crippen molar-refractivity contribution in [1.82, 2.24) is 10.2 Å². The van der Waals surface area contributed by atoms with Gasteiger partial charge in [-0.05, 0) is 36.2 Å². The van der Waals surface area contributed by atoms with Crippen molar-refractivity contribution < 1.29 is 14.3 Å². The Morgan fingerprint density at radius 3 is 2.31 bits per heavy atom. The maximum atomic E-state index is 12.1. The third-order valence-electron chi connectivity index (χ3n) is 4.99. The SMILES string of the molecule is COC(=O)CN1CCN(c2ccc(NC(=O)NCCc3ccccc3)cc2)CC1. The van der Waals surface area contributed by atoms with Crippen molar-refractivity contribution in [2.45, 2.75) is 6.42 Å². The molecule has 0 saturated carbocycles. The van der Waals surface area contributed by atoms with E-state index in [-0.39, 0.29) is 12.0 Å². The molecule has 0 atom stereocenters. The zero-order valence-electron chi connectivity index (χ0n) is 16.8. The van der Waals surface area contributed by atoms with E-state index in [2.05, 4.69) is 20.4 Å².